The van der Waals surface area contributed by atoms with Crippen molar-refractivity contribution in [3.8, 4) is 0 Å². The maximum atomic E-state index is 5.82. The fraction of sp³-hybridized carbons (Fsp3) is 1.00. The van der Waals surface area contributed by atoms with Crippen molar-refractivity contribution >= 4 is 11.6 Å². The Kier molecular flexibility index (Phi) is 8.69. The van der Waals surface area contributed by atoms with E-state index in [0.29, 0.717) is 12.5 Å². The first-order valence-corrected chi connectivity index (χ1v) is 9.31. The normalized spacial score (nSPS) is 18.8. The second-order valence-electron chi connectivity index (χ2n) is 8.08. The van der Waals surface area contributed by atoms with Crippen molar-refractivity contribution in [3.63, 3.8) is 0 Å². The molecule has 0 saturated carbocycles. The molecule has 0 aromatic rings. The first-order chi connectivity index (χ1) is 10.2. The highest BCUT2D eigenvalue weighted by atomic mass is 35.5. The van der Waals surface area contributed by atoms with Crippen molar-refractivity contribution in [2.24, 2.45) is 5.92 Å². The molecule has 1 saturated heterocycles. The summed E-state index contributed by atoms with van der Waals surface area (Å²) in [6, 6.07) is 0. The van der Waals surface area contributed by atoms with E-state index in [2.05, 4.69) is 39.5 Å². The van der Waals surface area contributed by atoms with Crippen LogP contribution in [0.5, 0.6) is 0 Å². The van der Waals surface area contributed by atoms with E-state index in [-0.39, 0.29) is 11.2 Å². The van der Waals surface area contributed by atoms with Gasteiger partial charge in [-0.3, -0.25) is 0 Å². The van der Waals surface area contributed by atoms with Crippen molar-refractivity contribution < 1.29 is 9.47 Å². The Hall–Kier alpha value is 0.170. The Morgan fingerprint density at radius 3 is 2.18 bits per heavy atom. The number of nitrogens with zero attached hydrogens (tertiary/aromatic N) is 1. The number of piperidine rings is 1. The van der Waals surface area contributed by atoms with Crippen LogP contribution < -0.4 is 0 Å². The molecule has 0 aromatic carbocycles. The van der Waals surface area contributed by atoms with Gasteiger partial charge in [0.2, 0.25) is 0 Å². The monoisotopic (exact) mass is 333 g/mol. The summed E-state index contributed by atoms with van der Waals surface area (Å²) in [4.78, 5) is 2.54. The second-order valence-corrected chi connectivity index (χ2v) is 8.46. The van der Waals surface area contributed by atoms with E-state index >= 15 is 0 Å². The number of rotatable bonds is 9. The molecule has 0 aliphatic carbocycles. The first kappa shape index (κ1) is 20.2. The molecule has 1 fully saturated rings. The van der Waals surface area contributed by atoms with E-state index < -0.39 is 0 Å². The summed E-state index contributed by atoms with van der Waals surface area (Å²) in [6.07, 6.45) is 5.01. The molecule has 1 aliphatic rings. The molecule has 0 spiro atoms. The van der Waals surface area contributed by atoms with E-state index in [9.17, 15) is 0 Å². The van der Waals surface area contributed by atoms with Crippen LogP contribution >= 0.6 is 11.6 Å². The van der Waals surface area contributed by atoms with Gasteiger partial charge in [-0.05, 0) is 79.3 Å². The summed E-state index contributed by atoms with van der Waals surface area (Å²) in [5, 5.41) is 0. The fourth-order valence-electron chi connectivity index (χ4n) is 2.92. The van der Waals surface area contributed by atoms with Gasteiger partial charge >= 0.3 is 0 Å². The van der Waals surface area contributed by atoms with Crippen molar-refractivity contribution in [2.75, 3.05) is 38.7 Å². The van der Waals surface area contributed by atoms with Gasteiger partial charge in [0.15, 0.2) is 0 Å². The molecule has 4 heteroatoms. The topological polar surface area (TPSA) is 21.7 Å². The molecule has 1 heterocycles. The van der Waals surface area contributed by atoms with Crippen LogP contribution in [0.1, 0.15) is 60.3 Å². The Morgan fingerprint density at radius 1 is 1.00 bits per heavy atom. The highest BCUT2D eigenvalue weighted by molar-refractivity contribution is 6.17. The zero-order valence-electron chi connectivity index (χ0n) is 15.3. The molecule has 3 nitrogen and oxygen atoms in total. The van der Waals surface area contributed by atoms with E-state index in [1.165, 1.54) is 32.4 Å². The number of ether oxygens (including phenoxy) is 2. The lowest BCUT2D eigenvalue weighted by atomic mass is 9.88. The number of halogens is 1. The quantitative estimate of drug-likeness (QED) is 0.586. The lowest BCUT2D eigenvalue weighted by Crippen LogP contribution is -2.37. The van der Waals surface area contributed by atoms with Crippen LogP contribution in [-0.4, -0.2) is 54.8 Å². The standard InChI is InChI=1S/C18H36ClNO2/c1-17(2,3)21-15-13-20-11-7-16(8-12-20)6-9-18(4,5)22-14-10-19/h16H,6-15H2,1-5H3. The summed E-state index contributed by atoms with van der Waals surface area (Å²) >= 11 is 5.70. The maximum absolute atomic E-state index is 5.82. The molecule has 132 valence electrons. The van der Waals surface area contributed by atoms with Gasteiger partial charge in [-0.25, -0.2) is 0 Å². The van der Waals surface area contributed by atoms with Gasteiger partial charge in [0, 0.05) is 12.4 Å². The van der Waals surface area contributed by atoms with Crippen LogP contribution in [0.15, 0.2) is 0 Å². The van der Waals surface area contributed by atoms with Crippen LogP contribution in [0.25, 0.3) is 0 Å². The van der Waals surface area contributed by atoms with Gasteiger partial charge in [0.05, 0.1) is 24.4 Å². The summed E-state index contributed by atoms with van der Waals surface area (Å²) in [6.45, 7) is 15.7. The minimum absolute atomic E-state index is 0.0209. The average molecular weight is 334 g/mol. The van der Waals surface area contributed by atoms with Gasteiger partial charge in [0.25, 0.3) is 0 Å². The van der Waals surface area contributed by atoms with Crippen LogP contribution in [0.4, 0.5) is 0 Å². The third-order valence-corrected chi connectivity index (χ3v) is 4.53. The van der Waals surface area contributed by atoms with Crippen molar-refractivity contribution in [1.82, 2.24) is 4.90 Å². The third kappa shape index (κ3) is 9.34. The molecule has 0 atom stereocenters. The molecule has 0 aromatic heterocycles. The number of alkyl halides is 1. The third-order valence-electron chi connectivity index (χ3n) is 4.37. The van der Waals surface area contributed by atoms with Gasteiger partial charge < -0.3 is 14.4 Å². The molecule has 0 bridgehead atoms. The predicted octanol–water partition coefficient (Wildman–Crippen LogP) is 4.33. The molecular formula is C18H36ClNO2. The van der Waals surface area contributed by atoms with E-state index in [0.717, 1.165) is 25.5 Å². The molecule has 0 unspecified atom stereocenters. The van der Waals surface area contributed by atoms with Crippen molar-refractivity contribution in [1.29, 1.82) is 0 Å². The summed E-state index contributed by atoms with van der Waals surface area (Å²) < 4.78 is 11.6. The Morgan fingerprint density at radius 2 is 1.64 bits per heavy atom. The van der Waals surface area contributed by atoms with E-state index in [1.807, 2.05) is 0 Å². The summed E-state index contributed by atoms with van der Waals surface area (Å²) in [5.74, 6) is 1.43. The number of hydrogen-bond acceptors (Lipinski definition) is 3. The Bertz CT molecular complexity index is 294. The minimum Gasteiger partial charge on any atom is -0.375 e. The zero-order chi connectivity index (χ0) is 16.6. The molecule has 0 radical (unpaired) electrons. The molecule has 1 aliphatic heterocycles. The maximum Gasteiger partial charge on any atom is 0.0627 e. The molecular weight excluding hydrogens is 298 g/mol. The second kappa shape index (κ2) is 9.46. The van der Waals surface area contributed by atoms with Gasteiger partial charge in [0.1, 0.15) is 0 Å². The van der Waals surface area contributed by atoms with Crippen LogP contribution in [0, 0.1) is 5.92 Å². The van der Waals surface area contributed by atoms with Crippen LogP contribution in [0.2, 0.25) is 0 Å². The van der Waals surface area contributed by atoms with Crippen LogP contribution in [-0.2, 0) is 9.47 Å². The van der Waals surface area contributed by atoms with E-state index in [1.54, 1.807) is 0 Å². The summed E-state index contributed by atoms with van der Waals surface area (Å²) in [5.41, 5.74) is -0.0560. The van der Waals surface area contributed by atoms with Crippen molar-refractivity contribution in [3.05, 3.63) is 0 Å². The summed E-state index contributed by atoms with van der Waals surface area (Å²) in [7, 11) is 0. The highest BCUT2D eigenvalue weighted by Gasteiger charge is 2.24. The number of likely N-dealkylation sites (tertiary alicyclic amines) is 1. The highest BCUT2D eigenvalue weighted by Crippen LogP contribution is 2.26. The zero-order valence-corrected chi connectivity index (χ0v) is 16.0. The first-order valence-electron chi connectivity index (χ1n) is 8.78. The van der Waals surface area contributed by atoms with Crippen molar-refractivity contribution in [2.45, 2.75) is 71.5 Å². The molecule has 0 N–H and O–H groups in total. The van der Waals surface area contributed by atoms with Gasteiger partial charge in [-0.2, -0.15) is 0 Å². The van der Waals surface area contributed by atoms with Crippen LogP contribution in [0.3, 0.4) is 0 Å². The average Bonchev–Trinajstić information content (AvgIpc) is 2.43. The lowest BCUT2D eigenvalue weighted by Gasteiger charge is -2.34. The Balaban J connectivity index is 2.14. The molecule has 22 heavy (non-hydrogen) atoms. The number of hydrogen-bond donors (Lipinski definition) is 0. The minimum atomic E-state index is -0.0351. The SMILES string of the molecule is CC(C)(C)OCCN1CCC(CCC(C)(C)OCCCl)CC1. The Labute approximate surface area is 142 Å². The predicted molar refractivity (Wildman–Crippen MR) is 94.9 cm³/mol. The lowest BCUT2D eigenvalue weighted by molar-refractivity contribution is -0.0244. The fourth-order valence-corrected chi connectivity index (χ4v) is 3.00. The molecule has 1 rings (SSSR count). The van der Waals surface area contributed by atoms with Gasteiger partial charge in [-0.1, -0.05) is 0 Å². The smallest absolute Gasteiger partial charge is 0.0627 e. The van der Waals surface area contributed by atoms with E-state index in [4.69, 9.17) is 21.1 Å². The van der Waals surface area contributed by atoms with Gasteiger partial charge in [-0.15, -0.1) is 11.6 Å². The molecule has 0 amide bonds. The largest absolute Gasteiger partial charge is 0.375 e.